The minimum atomic E-state index is -0.861. The van der Waals surface area contributed by atoms with E-state index in [-0.39, 0.29) is 18.4 Å². The SMILES string of the molecule is CCOC(=O)N1CCC(CCC(=O)O)C2(C1)OCCO2. The Morgan fingerprint density at radius 3 is 2.70 bits per heavy atom. The standard InChI is InChI=1S/C13H21NO6/c1-2-18-12(17)14-6-5-10(3-4-11(15)16)13(9-14)19-7-8-20-13/h10H,2-9H2,1H3,(H,15,16). The van der Waals surface area contributed by atoms with E-state index in [4.69, 9.17) is 19.3 Å². The predicted molar refractivity (Wildman–Crippen MR) is 68.2 cm³/mol. The van der Waals surface area contributed by atoms with E-state index >= 15 is 0 Å². The van der Waals surface area contributed by atoms with Gasteiger partial charge in [-0.25, -0.2) is 4.79 Å². The van der Waals surface area contributed by atoms with E-state index in [9.17, 15) is 9.59 Å². The molecule has 1 N–H and O–H groups in total. The zero-order valence-electron chi connectivity index (χ0n) is 11.7. The number of carbonyl (C=O) groups is 2. The smallest absolute Gasteiger partial charge is 0.409 e. The average molecular weight is 287 g/mol. The number of amides is 1. The van der Waals surface area contributed by atoms with Crippen LogP contribution in [0.3, 0.4) is 0 Å². The van der Waals surface area contributed by atoms with Crippen molar-refractivity contribution >= 4 is 12.1 Å². The minimum Gasteiger partial charge on any atom is -0.481 e. The van der Waals surface area contributed by atoms with Crippen LogP contribution in [0.15, 0.2) is 0 Å². The third-order valence-corrected chi connectivity index (χ3v) is 3.79. The highest BCUT2D eigenvalue weighted by molar-refractivity contribution is 5.68. The van der Waals surface area contributed by atoms with Crippen molar-refractivity contribution in [3.63, 3.8) is 0 Å². The molecule has 0 aromatic rings. The summed E-state index contributed by atoms with van der Waals surface area (Å²) in [5.41, 5.74) is 0. The molecule has 1 spiro atoms. The molecule has 2 aliphatic heterocycles. The molecule has 7 heteroatoms. The lowest BCUT2D eigenvalue weighted by molar-refractivity contribution is -0.221. The van der Waals surface area contributed by atoms with E-state index < -0.39 is 11.8 Å². The normalized spacial score (nSPS) is 24.9. The van der Waals surface area contributed by atoms with Crippen LogP contribution in [0.1, 0.15) is 26.2 Å². The van der Waals surface area contributed by atoms with Gasteiger partial charge in [-0.3, -0.25) is 4.79 Å². The van der Waals surface area contributed by atoms with Crippen molar-refractivity contribution < 1.29 is 28.9 Å². The van der Waals surface area contributed by atoms with E-state index in [2.05, 4.69) is 0 Å². The van der Waals surface area contributed by atoms with Crippen LogP contribution in [-0.2, 0) is 19.0 Å². The first kappa shape index (κ1) is 15.1. The summed E-state index contributed by atoms with van der Waals surface area (Å²) >= 11 is 0. The van der Waals surface area contributed by atoms with Crippen molar-refractivity contribution in [1.29, 1.82) is 0 Å². The summed E-state index contributed by atoms with van der Waals surface area (Å²) in [6.45, 7) is 3.87. The van der Waals surface area contributed by atoms with Gasteiger partial charge in [0.15, 0.2) is 5.79 Å². The molecule has 0 aromatic heterocycles. The molecule has 1 atom stereocenters. The Balaban J connectivity index is 2.02. The molecule has 0 radical (unpaired) electrons. The van der Waals surface area contributed by atoms with Gasteiger partial charge in [0.1, 0.15) is 0 Å². The summed E-state index contributed by atoms with van der Waals surface area (Å²) in [5.74, 6) is -1.70. The minimum absolute atomic E-state index is 0.00761. The highest BCUT2D eigenvalue weighted by Crippen LogP contribution is 2.38. The molecule has 0 aliphatic carbocycles. The summed E-state index contributed by atoms with van der Waals surface area (Å²) in [7, 11) is 0. The molecule has 1 amide bonds. The van der Waals surface area contributed by atoms with Crippen LogP contribution >= 0.6 is 0 Å². The van der Waals surface area contributed by atoms with Crippen LogP contribution in [0.25, 0.3) is 0 Å². The number of ether oxygens (including phenoxy) is 3. The van der Waals surface area contributed by atoms with Gasteiger partial charge in [-0.1, -0.05) is 0 Å². The number of hydrogen-bond donors (Lipinski definition) is 1. The van der Waals surface area contributed by atoms with Crippen molar-refractivity contribution in [1.82, 2.24) is 4.90 Å². The molecule has 2 fully saturated rings. The quantitative estimate of drug-likeness (QED) is 0.832. The van der Waals surface area contributed by atoms with Crippen LogP contribution in [0.5, 0.6) is 0 Å². The Bertz CT molecular complexity index is 366. The fourth-order valence-electron chi connectivity index (χ4n) is 2.84. The van der Waals surface area contributed by atoms with Crippen LogP contribution in [0.4, 0.5) is 4.79 Å². The van der Waals surface area contributed by atoms with Crippen molar-refractivity contribution in [2.24, 2.45) is 5.92 Å². The van der Waals surface area contributed by atoms with E-state index in [1.54, 1.807) is 11.8 Å². The van der Waals surface area contributed by atoms with Gasteiger partial charge in [-0.2, -0.15) is 0 Å². The van der Waals surface area contributed by atoms with Crippen LogP contribution < -0.4 is 0 Å². The fourth-order valence-corrected chi connectivity index (χ4v) is 2.84. The summed E-state index contributed by atoms with van der Waals surface area (Å²) in [4.78, 5) is 24.1. The molecule has 2 heterocycles. The first-order chi connectivity index (χ1) is 9.57. The molecular formula is C13H21NO6. The first-order valence-electron chi connectivity index (χ1n) is 6.99. The Morgan fingerprint density at radius 2 is 2.10 bits per heavy atom. The largest absolute Gasteiger partial charge is 0.481 e. The molecule has 0 aromatic carbocycles. The molecule has 0 saturated carbocycles. The summed E-state index contributed by atoms with van der Waals surface area (Å²) < 4.78 is 16.4. The molecule has 1 unspecified atom stereocenters. The van der Waals surface area contributed by atoms with Gasteiger partial charge >= 0.3 is 12.1 Å². The number of hydrogen-bond acceptors (Lipinski definition) is 5. The molecule has 2 rings (SSSR count). The second-order valence-corrected chi connectivity index (χ2v) is 5.05. The molecule has 2 aliphatic rings. The van der Waals surface area contributed by atoms with Gasteiger partial charge in [0.25, 0.3) is 0 Å². The van der Waals surface area contributed by atoms with Crippen molar-refractivity contribution in [2.75, 3.05) is 32.9 Å². The fraction of sp³-hybridized carbons (Fsp3) is 0.846. The molecule has 0 bridgehead atoms. The van der Waals surface area contributed by atoms with E-state index in [0.29, 0.717) is 45.8 Å². The van der Waals surface area contributed by atoms with Gasteiger partial charge in [0, 0.05) is 18.9 Å². The van der Waals surface area contributed by atoms with Gasteiger partial charge in [-0.05, 0) is 19.8 Å². The topological polar surface area (TPSA) is 85.3 Å². The molecule has 7 nitrogen and oxygen atoms in total. The van der Waals surface area contributed by atoms with Crippen LogP contribution in [0, 0.1) is 5.92 Å². The number of carboxylic acids is 1. The lowest BCUT2D eigenvalue weighted by atomic mass is 9.86. The number of carbonyl (C=O) groups excluding carboxylic acids is 1. The van der Waals surface area contributed by atoms with E-state index in [1.165, 1.54) is 0 Å². The van der Waals surface area contributed by atoms with Gasteiger partial charge in [0.2, 0.25) is 0 Å². The predicted octanol–water partition coefficient (Wildman–Crippen LogP) is 1.07. The van der Waals surface area contributed by atoms with Gasteiger partial charge in [0.05, 0.1) is 26.4 Å². The maximum Gasteiger partial charge on any atom is 0.409 e. The highest BCUT2D eigenvalue weighted by Gasteiger charge is 2.49. The van der Waals surface area contributed by atoms with Gasteiger partial charge < -0.3 is 24.2 Å². The van der Waals surface area contributed by atoms with Gasteiger partial charge in [-0.15, -0.1) is 0 Å². The zero-order chi connectivity index (χ0) is 14.6. The number of rotatable bonds is 4. The number of likely N-dealkylation sites (tertiary alicyclic amines) is 1. The van der Waals surface area contributed by atoms with Crippen molar-refractivity contribution in [3.05, 3.63) is 0 Å². The number of nitrogens with zero attached hydrogens (tertiary/aromatic N) is 1. The lowest BCUT2D eigenvalue weighted by Crippen LogP contribution is -2.56. The zero-order valence-corrected chi connectivity index (χ0v) is 11.7. The Hall–Kier alpha value is -1.34. The molecule has 2 saturated heterocycles. The van der Waals surface area contributed by atoms with Crippen molar-refractivity contribution in [3.8, 4) is 0 Å². The molecule has 114 valence electrons. The van der Waals surface area contributed by atoms with Crippen molar-refractivity contribution in [2.45, 2.75) is 32.0 Å². The van der Waals surface area contributed by atoms with E-state index in [1.807, 2.05) is 0 Å². The van der Waals surface area contributed by atoms with Crippen LogP contribution in [0.2, 0.25) is 0 Å². The number of aliphatic carboxylic acids is 1. The molecule has 20 heavy (non-hydrogen) atoms. The highest BCUT2D eigenvalue weighted by atomic mass is 16.7. The van der Waals surface area contributed by atoms with Crippen LogP contribution in [-0.4, -0.2) is 60.8 Å². The second-order valence-electron chi connectivity index (χ2n) is 5.05. The maximum absolute atomic E-state index is 11.8. The molecular weight excluding hydrogens is 266 g/mol. The van der Waals surface area contributed by atoms with E-state index in [0.717, 1.165) is 0 Å². The number of carboxylic acid groups (broad SMARTS) is 1. The third-order valence-electron chi connectivity index (χ3n) is 3.79. The Morgan fingerprint density at radius 1 is 1.40 bits per heavy atom. The average Bonchev–Trinajstić information content (AvgIpc) is 2.86. The first-order valence-corrected chi connectivity index (χ1v) is 6.99. The summed E-state index contributed by atoms with van der Waals surface area (Å²) in [5, 5.41) is 8.82. The number of piperidine rings is 1. The monoisotopic (exact) mass is 287 g/mol. The Labute approximate surface area is 117 Å². The lowest BCUT2D eigenvalue weighted by Gasteiger charge is -2.43. The summed E-state index contributed by atoms with van der Waals surface area (Å²) in [6, 6.07) is 0. The second kappa shape index (κ2) is 6.41. The third kappa shape index (κ3) is 3.21. The Kier molecular flexibility index (Phi) is 4.82. The maximum atomic E-state index is 11.8. The summed E-state index contributed by atoms with van der Waals surface area (Å²) in [6.07, 6.45) is 0.860.